The number of aliphatic hydroxyl groups is 1. The molecule has 0 radical (unpaired) electrons. The highest BCUT2D eigenvalue weighted by Gasteiger charge is 2.38. The van der Waals surface area contributed by atoms with Crippen molar-refractivity contribution in [2.45, 2.75) is 56.6 Å². The van der Waals surface area contributed by atoms with Crippen LogP contribution >= 0.6 is 11.8 Å². The molecule has 0 saturated carbocycles. The van der Waals surface area contributed by atoms with Crippen LogP contribution in [0.4, 0.5) is 0 Å². The first-order valence-electron chi connectivity index (χ1n) is 16.0. The van der Waals surface area contributed by atoms with Crippen LogP contribution in [0.1, 0.15) is 54.4 Å². The number of benzene rings is 4. The zero-order valence-electron chi connectivity index (χ0n) is 26.9. The third-order valence-electron chi connectivity index (χ3n) is 8.49. The number of carbonyl (C=O) groups is 2. The van der Waals surface area contributed by atoms with Crippen LogP contribution in [-0.4, -0.2) is 54.2 Å². The van der Waals surface area contributed by atoms with Crippen molar-refractivity contribution in [2.75, 3.05) is 5.75 Å². The lowest BCUT2D eigenvalue weighted by Gasteiger charge is -2.41. The van der Waals surface area contributed by atoms with Gasteiger partial charge in [-0.3, -0.25) is 9.59 Å². The third-order valence-corrected chi connectivity index (χ3v) is 9.50. The predicted octanol–water partition coefficient (Wildman–Crippen LogP) is 5.89. The van der Waals surface area contributed by atoms with E-state index in [2.05, 4.69) is 27.8 Å². The van der Waals surface area contributed by atoms with E-state index in [1.165, 1.54) is 11.8 Å². The van der Waals surface area contributed by atoms with Gasteiger partial charge in [0.15, 0.2) is 6.29 Å². The standard InChI is InChI=1S/C37H37N5O6S/c1-24-32(23-49-37-39-40-41-42(37)30-8-3-2-4-9-30)47-36(48-35(24)27-13-11-25(22-43)12-14-27)28-17-15-26(16-18-28)31-10-6-5-7-29(31)21-38-33(44)19-20-34(45)46/h2-18,24,32,35-36,43H,19-23H2,1H3,(H,38,44)(H,45,46)/t24-,32+,35+,36+/m0/s1. The van der Waals surface area contributed by atoms with Crippen LogP contribution in [0, 0.1) is 5.92 Å². The van der Waals surface area contributed by atoms with E-state index in [4.69, 9.17) is 14.6 Å². The van der Waals surface area contributed by atoms with Gasteiger partial charge in [0.25, 0.3) is 0 Å². The Labute approximate surface area is 288 Å². The van der Waals surface area contributed by atoms with Crippen LogP contribution in [0.3, 0.4) is 0 Å². The van der Waals surface area contributed by atoms with Crippen LogP contribution in [0.5, 0.6) is 0 Å². The third kappa shape index (κ3) is 8.41. The van der Waals surface area contributed by atoms with Gasteiger partial charge in [-0.1, -0.05) is 110 Å². The second-order valence-corrected chi connectivity index (χ2v) is 12.8. The van der Waals surface area contributed by atoms with Gasteiger partial charge in [0.2, 0.25) is 11.1 Å². The van der Waals surface area contributed by atoms with Gasteiger partial charge in [0, 0.05) is 30.2 Å². The molecule has 4 atom stereocenters. The highest BCUT2D eigenvalue weighted by molar-refractivity contribution is 7.99. The molecule has 0 spiro atoms. The van der Waals surface area contributed by atoms with Crippen molar-refractivity contribution < 1.29 is 29.3 Å². The topological polar surface area (TPSA) is 149 Å². The van der Waals surface area contributed by atoms with E-state index in [1.54, 1.807) is 4.68 Å². The Morgan fingerprint density at radius 2 is 1.59 bits per heavy atom. The van der Waals surface area contributed by atoms with Gasteiger partial charge >= 0.3 is 5.97 Å². The fourth-order valence-electron chi connectivity index (χ4n) is 5.75. The van der Waals surface area contributed by atoms with Crippen LogP contribution in [-0.2, 0) is 32.2 Å². The highest BCUT2D eigenvalue weighted by atomic mass is 32.2. The van der Waals surface area contributed by atoms with Gasteiger partial charge < -0.3 is 25.0 Å². The average molecular weight is 680 g/mol. The molecule has 1 saturated heterocycles. The molecule has 0 unspecified atom stereocenters. The molecule has 1 aromatic heterocycles. The van der Waals surface area contributed by atoms with Crippen molar-refractivity contribution >= 4 is 23.6 Å². The number of hydrogen-bond acceptors (Lipinski definition) is 9. The van der Waals surface area contributed by atoms with Crippen molar-refractivity contribution in [1.29, 1.82) is 0 Å². The zero-order valence-corrected chi connectivity index (χ0v) is 27.7. The first kappa shape index (κ1) is 34.0. The van der Waals surface area contributed by atoms with Gasteiger partial charge in [-0.25, -0.2) is 0 Å². The van der Waals surface area contributed by atoms with E-state index in [9.17, 15) is 14.7 Å². The van der Waals surface area contributed by atoms with E-state index < -0.39 is 12.3 Å². The fourth-order valence-corrected chi connectivity index (χ4v) is 6.80. The Hall–Kier alpha value is -4.88. The summed E-state index contributed by atoms with van der Waals surface area (Å²) < 4.78 is 15.0. The van der Waals surface area contributed by atoms with E-state index in [0.29, 0.717) is 10.9 Å². The van der Waals surface area contributed by atoms with Gasteiger partial charge in [0.1, 0.15) is 0 Å². The molecule has 49 heavy (non-hydrogen) atoms. The summed E-state index contributed by atoms with van der Waals surface area (Å²) in [6, 6.07) is 33.3. The molecule has 0 bridgehead atoms. The number of aliphatic hydroxyl groups excluding tert-OH is 1. The summed E-state index contributed by atoms with van der Waals surface area (Å²) in [7, 11) is 0. The summed E-state index contributed by atoms with van der Waals surface area (Å²) in [5.74, 6) is -0.736. The van der Waals surface area contributed by atoms with Crippen LogP contribution in [0.2, 0.25) is 0 Å². The zero-order chi connectivity index (χ0) is 34.2. The maximum Gasteiger partial charge on any atom is 0.303 e. The molecule has 11 nitrogen and oxygen atoms in total. The molecule has 2 heterocycles. The Balaban J connectivity index is 1.21. The fraction of sp³-hybridized carbons (Fsp3) is 0.270. The quantitative estimate of drug-likeness (QED) is 0.129. The molecule has 12 heteroatoms. The van der Waals surface area contributed by atoms with Gasteiger partial charge in [-0.2, -0.15) is 4.68 Å². The number of rotatable bonds is 13. The number of aromatic nitrogens is 4. The number of carboxylic acids is 1. The summed E-state index contributed by atoms with van der Waals surface area (Å²) in [6.45, 7) is 2.37. The lowest BCUT2D eigenvalue weighted by Crippen LogP contribution is -2.38. The molecule has 4 aromatic carbocycles. The van der Waals surface area contributed by atoms with E-state index >= 15 is 0 Å². The summed E-state index contributed by atoms with van der Waals surface area (Å²) in [5, 5.41) is 34.3. The monoisotopic (exact) mass is 679 g/mol. The van der Waals surface area contributed by atoms with Gasteiger partial charge in [-0.05, 0) is 50.4 Å². The number of tetrazole rings is 1. The van der Waals surface area contributed by atoms with Crippen molar-refractivity contribution in [3.05, 3.63) is 125 Å². The minimum atomic E-state index is -1.00. The Bertz CT molecular complexity index is 1850. The largest absolute Gasteiger partial charge is 0.481 e. The summed E-state index contributed by atoms with van der Waals surface area (Å²) in [6.07, 6.45) is -1.40. The van der Waals surface area contributed by atoms with E-state index in [0.717, 1.165) is 39.1 Å². The molecular weight excluding hydrogens is 643 g/mol. The molecule has 3 N–H and O–H groups in total. The number of carboxylic acid groups (broad SMARTS) is 1. The first-order chi connectivity index (χ1) is 23.9. The molecule has 6 rings (SSSR count). The van der Waals surface area contributed by atoms with Crippen LogP contribution in [0.25, 0.3) is 16.8 Å². The van der Waals surface area contributed by atoms with Gasteiger partial charge in [0.05, 0.1) is 30.9 Å². The maximum atomic E-state index is 12.2. The molecule has 1 aliphatic heterocycles. The molecule has 252 valence electrons. The Morgan fingerprint density at radius 1 is 0.878 bits per heavy atom. The number of hydrogen-bond donors (Lipinski definition) is 3. The molecule has 0 aliphatic carbocycles. The Morgan fingerprint density at radius 3 is 2.33 bits per heavy atom. The molecule has 1 aliphatic rings. The number of aliphatic carboxylic acids is 1. The minimum absolute atomic E-state index is 0.0124. The lowest BCUT2D eigenvalue weighted by atomic mass is 9.91. The predicted molar refractivity (Wildman–Crippen MR) is 183 cm³/mol. The number of amides is 1. The number of ether oxygens (including phenoxy) is 2. The number of para-hydroxylation sites is 1. The average Bonchev–Trinajstić information content (AvgIpc) is 3.62. The second kappa shape index (κ2) is 16.0. The minimum Gasteiger partial charge on any atom is -0.481 e. The SMILES string of the molecule is C[C@H]1[C@@H](CSc2nnnn2-c2ccccc2)O[C@@H](c2ccc(-c3ccccc3CNC(=O)CCC(=O)O)cc2)O[C@H]1c1ccc(CO)cc1. The van der Waals surface area contributed by atoms with Gasteiger partial charge in [-0.15, -0.1) is 5.10 Å². The lowest BCUT2D eigenvalue weighted by molar-refractivity contribution is -0.268. The Kier molecular flexibility index (Phi) is 11.1. The van der Waals surface area contributed by atoms with Crippen molar-refractivity contribution in [2.24, 2.45) is 5.92 Å². The van der Waals surface area contributed by atoms with Crippen LogP contribution in [0.15, 0.2) is 108 Å². The number of nitrogens with one attached hydrogen (secondary N) is 1. The number of thioether (sulfide) groups is 1. The number of carbonyl (C=O) groups excluding carboxylic acids is 1. The van der Waals surface area contributed by atoms with Crippen molar-refractivity contribution in [1.82, 2.24) is 25.5 Å². The van der Waals surface area contributed by atoms with E-state index in [1.807, 2.05) is 103 Å². The second-order valence-electron chi connectivity index (χ2n) is 11.8. The van der Waals surface area contributed by atoms with Crippen LogP contribution < -0.4 is 5.32 Å². The van der Waals surface area contributed by atoms with Crippen molar-refractivity contribution in [3.8, 4) is 16.8 Å². The highest BCUT2D eigenvalue weighted by Crippen LogP contribution is 2.43. The maximum absolute atomic E-state index is 12.2. The molecule has 5 aromatic rings. The summed E-state index contributed by atoms with van der Waals surface area (Å²) >= 11 is 1.53. The smallest absolute Gasteiger partial charge is 0.303 e. The first-order valence-corrected chi connectivity index (χ1v) is 17.0. The summed E-state index contributed by atoms with van der Waals surface area (Å²) in [4.78, 5) is 23.0. The molecule has 1 fully saturated rings. The number of nitrogens with zero attached hydrogens (tertiary/aromatic N) is 4. The van der Waals surface area contributed by atoms with Crippen molar-refractivity contribution in [3.63, 3.8) is 0 Å². The molecule has 1 amide bonds. The normalized spacial score (nSPS) is 19.0. The molecular formula is C37H37N5O6S. The summed E-state index contributed by atoms with van der Waals surface area (Å²) in [5.41, 5.74) is 6.39. The van der Waals surface area contributed by atoms with E-state index in [-0.39, 0.29) is 50.0 Å².